The van der Waals surface area contributed by atoms with E-state index in [0.717, 1.165) is 5.75 Å². The number of hydrogen-bond donors (Lipinski definition) is 1. The van der Waals surface area contributed by atoms with Gasteiger partial charge in [0.25, 0.3) is 5.91 Å². The molecule has 1 amide bonds. The van der Waals surface area contributed by atoms with Gasteiger partial charge in [0.1, 0.15) is 5.75 Å². The fourth-order valence-corrected chi connectivity index (χ4v) is 2.06. The zero-order chi connectivity index (χ0) is 17.5. The molecule has 5 nitrogen and oxygen atoms in total. The van der Waals surface area contributed by atoms with Crippen LogP contribution >= 0.6 is 0 Å². The van der Waals surface area contributed by atoms with E-state index in [0.29, 0.717) is 35.3 Å². The van der Waals surface area contributed by atoms with E-state index in [2.05, 4.69) is 19.2 Å². The molecule has 128 valence electrons. The van der Waals surface area contributed by atoms with Crippen molar-refractivity contribution in [2.24, 2.45) is 5.92 Å². The number of ether oxygens (including phenoxy) is 3. The molecule has 0 radical (unpaired) electrons. The average Bonchev–Trinajstić information content (AvgIpc) is 2.60. The first-order chi connectivity index (χ1) is 11.5. The second-order valence-corrected chi connectivity index (χ2v) is 5.75. The Kier molecular flexibility index (Phi) is 6.07. The monoisotopic (exact) mass is 329 g/mol. The van der Waals surface area contributed by atoms with E-state index in [1.807, 2.05) is 0 Å². The highest BCUT2D eigenvalue weighted by Gasteiger charge is 2.12. The minimum atomic E-state index is -0.214. The van der Waals surface area contributed by atoms with Gasteiger partial charge in [0.15, 0.2) is 11.5 Å². The molecule has 2 aromatic rings. The molecule has 5 heteroatoms. The standard InChI is InChI=1S/C19H23NO4/c1-13(2)12-24-17-10-5-14(11-18(17)23-4)19(21)20-15-6-8-16(22-3)9-7-15/h5-11,13H,12H2,1-4H3,(H,20,21). The van der Waals surface area contributed by atoms with Crippen LogP contribution in [0.5, 0.6) is 17.2 Å². The number of benzene rings is 2. The minimum Gasteiger partial charge on any atom is -0.497 e. The molecule has 2 rings (SSSR count). The van der Waals surface area contributed by atoms with Crippen molar-refractivity contribution in [1.82, 2.24) is 0 Å². The van der Waals surface area contributed by atoms with Gasteiger partial charge in [-0.25, -0.2) is 0 Å². The Bertz CT molecular complexity index is 680. The smallest absolute Gasteiger partial charge is 0.255 e. The summed E-state index contributed by atoms with van der Waals surface area (Å²) in [7, 11) is 3.16. The van der Waals surface area contributed by atoms with Crippen molar-refractivity contribution in [2.45, 2.75) is 13.8 Å². The van der Waals surface area contributed by atoms with Crippen LogP contribution < -0.4 is 19.5 Å². The Hall–Kier alpha value is -2.69. The molecular weight excluding hydrogens is 306 g/mol. The van der Waals surface area contributed by atoms with Crippen LogP contribution in [0.25, 0.3) is 0 Å². The maximum absolute atomic E-state index is 12.4. The fraction of sp³-hybridized carbons (Fsp3) is 0.316. The highest BCUT2D eigenvalue weighted by atomic mass is 16.5. The molecule has 0 spiro atoms. The predicted octanol–water partition coefficient (Wildman–Crippen LogP) is 3.99. The topological polar surface area (TPSA) is 56.8 Å². The summed E-state index contributed by atoms with van der Waals surface area (Å²) in [6, 6.07) is 12.3. The Morgan fingerprint density at radius 2 is 1.71 bits per heavy atom. The molecule has 0 atom stereocenters. The van der Waals surface area contributed by atoms with Crippen molar-refractivity contribution < 1.29 is 19.0 Å². The lowest BCUT2D eigenvalue weighted by molar-refractivity contribution is 0.102. The molecule has 0 saturated heterocycles. The van der Waals surface area contributed by atoms with E-state index in [-0.39, 0.29) is 5.91 Å². The quantitative estimate of drug-likeness (QED) is 0.834. The molecule has 0 bridgehead atoms. The molecule has 1 N–H and O–H groups in total. The van der Waals surface area contributed by atoms with Gasteiger partial charge in [-0.15, -0.1) is 0 Å². The molecule has 0 aliphatic carbocycles. The van der Waals surface area contributed by atoms with Gasteiger partial charge in [-0.05, 0) is 48.4 Å². The Labute approximate surface area is 142 Å². The first kappa shape index (κ1) is 17.7. The van der Waals surface area contributed by atoms with Gasteiger partial charge in [0.2, 0.25) is 0 Å². The summed E-state index contributed by atoms with van der Waals surface area (Å²) in [4.78, 5) is 12.4. The van der Waals surface area contributed by atoms with Crippen LogP contribution in [0.15, 0.2) is 42.5 Å². The molecule has 0 aliphatic heterocycles. The number of nitrogens with one attached hydrogen (secondary N) is 1. The van der Waals surface area contributed by atoms with Gasteiger partial charge in [-0.2, -0.15) is 0 Å². The summed E-state index contributed by atoms with van der Waals surface area (Å²) < 4.78 is 16.1. The van der Waals surface area contributed by atoms with Crippen LogP contribution in [0.1, 0.15) is 24.2 Å². The molecule has 24 heavy (non-hydrogen) atoms. The highest BCUT2D eigenvalue weighted by molar-refractivity contribution is 6.04. The van der Waals surface area contributed by atoms with Crippen LogP contribution in [0.4, 0.5) is 5.69 Å². The van der Waals surface area contributed by atoms with Crippen LogP contribution in [0.2, 0.25) is 0 Å². The highest BCUT2D eigenvalue weighted by Crippen LogP contribution is 2.29. The third kappa shape index (κ3) is 4.65. The normalized spacial score (nSPS) is 10.4. The summed E-state index contributed by atoms with van der Waals surface area (Å²) in [5, 5.41) is 2.84. The van der Waals surface area contributed by atoms with E-state index < -0.39 is 0 Å². The predicted molar refractivity (Wildman–Crippen MR) is 94.3 cm³/mol. The zero-order valence-corrected chi connectivity index (χ0v) is 14.5. The minimum absolute atomic E-state index is 0.214. The third-order valence-electron chi connectivity index (χ3n) is 3.35. The first-order valence-electron chi connectivity index (χ1n) is 7.79. The number of rotatable bonds is 7. The molecule has 0 unspecified atom stereocenters. The lowest BCUT2D eigenvalue weighted by atomic mass is 10.1. The second kappa shape index (κ2) is 8.24. The van der Waals surface area contributed by atoms with Crippen LogP contribution in [-0.4, -0.2) is 26.7 Å². The van der Waals surface area contributed by atoms with E-state index in [4.69, 9.17) is 14.2 Å². The number of carbonyl (C=O) groups is 1. The van der Waals surface area contributed by atoms with Gasteiger partial charge in [-0.3, -0.25) is 4.79 Å². The molecule has 0 aromatic heterocycles. The Balaban J connectivity index is 2.10. The lowest BCUT2D eigenvalue weighted by Crippen LogP contribution is -2.12. The summed E-state index contributed by atoms with van der Waals surface area (Å²) in [6.45, 7) is 4.74. The molecule has 0 saturated carbocycles. The SMILES string of the molecule is COc1ccc(NC(=O)c2ccc(OCC(C)C)c(OC)c2)cc1. The van der Waals surface area contributed by atoms with E-state index >= 15 is 0 Å². The molecule has 0 heterocycles. The van der Waals surface area contributed by atoms with Crippen molar-refractivity contribution in [2.75, 3.05) is 26.1 Å². The van der Waals surface area contributed by atoms with E-state index in [1.54, 1.807) is 56.7 Å². The Morgan fingerprint density at radius 1 is 1.00 bits per heavy atom. The lowest BCUT2D eigenvalue weighted by Gasteiger charge is -2.13. The second-order valence-electron chi connectivity index (χ2n) is 5.75. The van der Waals surface area contributed by atoms with Crippen molar-refractivity contribution in [3.8, 4) is 17.2 Å². The third-order valence-corrected chi connectivity index (χ3v) is 3.35. The molecular formula is C19H23NO4. The van der Waals surface area contributed by atoms with Gasteiger partial charge in [0.05, 0.1) is 20.8 Å². The maximum atomic E-state index is 12.4. The summed E-state index contributed by atoms with van der Waals surface area (Å²) in [5.41, 5.74) is 1.19. The number of amides is 1. The fourth-order valence-electron chi connectivity index (χ4n) is 2.06. The van der Waals surface area contributed by atoms with Gasteiger partial charge < -0.3 is 19.5 Å². The van der Waals surface area contributed by atoms with E-state index in [9.17, 15) is 4.79 Å². The van der Waals surface area contributed by atoms with Gasteiger partial charge in [-0.1, -0.05) is 13.8 Å². The summed E-state index contributed by atoms with van der Waals surface area (Å²) in [5.74, 6) is 2.10. The number of hydrogen-bond acceptors (Lipinski definition) is 4. The van der Waals surface area contributed by atoms with E-state index in [1.165, 1.54) is 0 Å². The van der Waals surface area contributed by atoms with Crippen LogP contribution in [0.3, 0.4) is 0 Å². The van der Waals surface area contributed by atoms with Crippen molar-refractivity contribution in [3.05, 3.63) is 48.0 Å². The number of methoxy groups -OCH3 is 2. The molecule has 0 aliphatic rings. The largest absolute Gasteiger partial charge is 0.497 e. The number of carbonyl (C=O) groups excluding carboxylic acids is 1. The molecule has 0 fully saturated rings. The van der Waals surface area contributed by atoms with Crippen LogP contribution in [-0.2, 0) is 0 Å². The van der Waals surface area contributed by atoms with Crippen molar-refractivity contribution >= 4 is 11.6 Å². The van der Waals surface area contributed by atoms with Gasteiger partial charge >= 0.3 is 0 Å². The summed E-state index contributed by atoms with van der Waals surface area (Å²) >= 11 is 0. The van der Waals surface area contributed by atoms with Crippen LogP contribution in [0, 0.1) is 5.92 Å². The average molecular weight is 329 g/mol. The maximum Gasteiger partial charge on any atom is 0.255 e. The molecule has 2 aromatic carbocycles. The van der Waals surface area contributed by atoms with Crippen molar-refractivity contribution in [3.63, 3.8) is 0 Å². The first-order valence-corrected chi connectivity index (χ1v) is 7.79. The van der Waals surface area contributed by atoms with Gasteiger partial charge in [0, 0.05) is 11.3 Å². The number of anilines is 1. The summed E-state index contributed by atoms with van der Waals surface area (Å²) in [6.07, 6.45) is 0. The zero-order valence-electron chi connectivity index (χ0n) is 14.5. The van der Waals surface area contributed by atoms with Crippen molar-refractivity contribution in [1.29, 1.82) is 0 Å². The Morgan fingerprint density at radius 3 is 2.29 bits per heavy atom.